The first-order chi connectivity index (χ1) is 17.2. The van der Waals surface area contributed by atoms with E-state index in [1.165, 1.54) is 4.90 Å². The maximum Gasteiger partial charge on any atom is 0.313 e. The summed E-state index contributed by atoms with van der Waals surface area (Å²) in [4.78, 5) is 45.0. The number of benzene rings is 1. The molecule has 4 aliphatic heterocycles. The lowest BCUT2D eigenvalue weighted by molar-refractivity contribution is -0.159. The Morgan fingerprint density at radius 1 is 1.11 bits per heavy atom. The van der Waals surface area contributed by atoms with Crippen molar-refractivity contribution in [1.82, 2.24) is 4.90 Å². The van der Waals surface area contributed by atoms with Gasteiger partial charge >= 0.3 is 5.97 Å². The van der Waals surface area contributed by atoms with Crippen LogP contribution in [0.4, 0.5) is 5.69 Å². The fraction of sp³-hybridized carbons (Fsp3) is 0.519. The summed E-state index contributed by atoms with van der Waals surface area (Å²) in [7, 11) is 0. The van der Waals surface area contributed by atoms with Gasteiger partial charge in [0.15, 0.2) is 0 Å². The van der Waals surface area contributed by atoms with E-state index >= 15 is 0 Å². The molecule has 4 heterocycles. The molecule has 2 fully saturated rings. The lowest BCUT2D eigenvalue weighted by atomic mass is 9.73. The summed E-state index contributed by atoms with van der Waals surface area (Å²) in [6, 6.07) is 5.29. The second-order valence-electron chi connectivity index (χ2n) is 10.2. The van der Waals surface area contributed by atoms with Crippen LogP contribution in [0.2, 0.25) is 5.02 Å². The highest BCUT2D eigenvalue weighted by atomic mass is 35.5. The van der Waals surface area contributed by atoms with Crippen molar-refractivity contribution in [2.75, 3.05) is 24.7 Å². The van der Waals surface area contributed by atoms with Crippen molar-refractivity contribution >= 4 is 35.1 Å². The van der Waals surface area contributed by atoms with Crippen molar-refractivity contribution < 1.29 is 29.0 Å². The highest BCUT2D eigenvalue weighted by molar-refractivity contribution is 6.34. The summed E-state index contributed by atoms with van der Waals surface area (Å²) in [5, 5.41) is 10.7. The van der Waals surface area contributed by atoms with Crippen LogP contribution in [0.5, 0.6) is 0 Å². The molecule has 9 heteroatoms. The van der Waals surface area contributed by atoms with Gasteiger partial charge in [0.25, 0.3) is 5.91 Å². The Labute approximate surface area is 215 Å². The van der Waals surface area contributed by atoms with Crippen LogP contribution in [0.1, 0.15) is 27.2 Å². The molecule has 8 nitrogen and oxygen atoms in total. The number of amides is 2. The van der Waals surface area contributed by atoms with Crippen LogP contribution in [-0.2, 0) is 23.9 Å². The van der Waals surface area contributed by atoms with E-state index in [1.807, 2.05) is 26.8 Å². The molecule has 36 heavy (non-hydrogen) atoms. The number of hydrogen-bond acceptors (Lipinski definition) is 6. The number of aliphatic hydroxyl groups is 1. The molecule has 0 radical (unpaired) electrons. The topological polar surface area (TPSA) is 96.4 Å². The predicted octanol–water partition coefficient (Wildman–Crippen LogP) is 2.73. The third-order valence-corrected chi connectivity index (χ3v) is 8.41. The molecule has 1 spiro atoms. The average molecular weight is 515 g/mol. The maximum atomic E-state index is 14.4. The van der Waals surface area contributed by atoms with Crippen molar-refractivity contribution in [2.24, 2.45) is 17.8 Å². The third-order valence-electron chi connectivity index (χ3n) is 8.09. The van der Waals surface area contributed by atoms with E-state index in [4.69, 9.17) is 21.1 Å². The second kappa shape index (κ2) is 9.01. The number of halogens is 1. The van der Waals surface area contributed by atoms with E-state index in [0.717, 1.165) is 0 Å². The van der Waals surface area contributed by atoms with Crippen LogP contribution in [0.3, 0.4) is 0 Å². The van der Waals surface area contributed by atoms with Crippen LogP contribution in [0.25, 0.3) is 0 Å². The van der Waals surface area contributed by atoms with Crippen molar-refractivity contribution in [3.05, 3.63) is 53.6 Å². The minimum absolute atomic E-state index is 0.0990. The number of anilines is 1. The van der Waals surface area contributed by atoms with Crippen LogP contribution in [-0.4, -0.2) is 70.8 Å². The zero-order valence-corrected chi connectivity index (χ0v) is 21.4. The summed E-state index contributed by atoms with van der Waals surface area (Å²) < 4.78 is 12.3. The fourth-order valence-electron chi connectivity index (χ4n) is 6.40. The summed E-state index contributed by atoms with van der Waals surface area (Å²) in [5.41, 5.74) is -1.98. The first-order valence-electron chi connectivity index (χ1n) is 12.4. The van der Waals surface area contributed by atoms with E-state index in [0.29, 0.717) is 17.1 Å². The molecule has 0 aliphatic carbocycles. The average Bonchev–Trinajstić information content (AvgIpc) is 3.12. The third kappa shape index (κ3) is 3.38. The molecule has 6 atom stereocenters. The van der Waals surface area contributed by atoms with E-state index in [2.05, 4.69) is 0 Å². The number of fused-ring (bicyclic) bond motifs is 2. The van der Waals surface area contributed by atoms with Gasteiger partial charge in [-0.1, -0.05) is 62.7 Å². The van der Waals surface area contributed by atoms with E-state index in [-0.39, 0.29) is 37.5 Å². The van der Waals surface area contributed by atoms with Crippen LogP contribution in [0.15, 0.2) is 48.6 Å². The van der Waals surface area contributed by atoms with Gasteiger partial charge in [-0.25, -0.2) is 0 Å². The van der Waals surface area contributed by atoms with Crippen LogP contribution < -0.4 is 4.90 Å². The first kappa shape index (κ1) is 25.0. The van der Waals surface area contributed by atoms with Crippen molar-refractivity contribution in [1.29, 1.82) is 0 Å². The lowest BCUT2D eigenvalue weighted by Crippen LogP contribution is -2.60. The number of nitrogens with zero attached hydrogens (tertiary/aromatic N) is 2. The highest BCUT2D eigenvalue weighted by Crippen LogP contribution is 2.59. The molecule has 0 saturated carbocycles. The Balaban J connectivity index is 1.72. The molecular weight excluding hydrogens is 484 g/mol. The van der Waals surface area contributed by atoms with Gasteiger partial charge < -0.3 is 24.4 Å². The highest BCUT2D eigenvalue weighted by Gasteiger charge is 2.76. The Morgan fingerprint density at radius 2 is 1.86 bits per heavy atom. The number of hydrogen-bond donors (Lipinski definition) is 1. The number of likely N-dealkylation sites (tertiary alicyclic amines) is 1. The van der Waals surface area contributed by atoms with Crippen molar-refractivity contribution in [2.45, 2.75) is 50.5 Å². The number of ether oxygens (including phenoxy) is 2. The van der Waals surface area contributed by atoms with Gasteiger partial charge in [0.2, 0.25) is 5.91 Å². The number of aliphatic hydroxyl groups excluding tert-OH is 1. The maximum absolute atomic E-state index is 14.4. The Morgan fingerprint density at radius 3 is 2.53 bits per heavy atom. The number of carbonyl (C=O) groups excluding carboxylic acids is 3. The predicted molar refractivity (Wildman–Crippen MR) is 133 cm³/mol. The van der Waals surface area contributed by atoms with Gasteiger partial charge in [0.1, 0.15) is 29.8 Å². The molecule has 1 aromatic rings. The summed E-state index contributed by atoms with van der Waals surface area (Å²) >= 11 is 6.48. The van der Waals surface area contributed by atoms with Crippen molar-refractivity contribution in [3.63, 3.8) is 0 Å². The van der Waals surface area contributed by atoms with E-state index in [9.17, 15) is 19.5 Å². The van der Waals surface area contributed by atoms with Gasteiger partial charge in [-0.3, -0.25) is 14.4 Å². The van der Waals surface area contributed by atoms with Gasteiger partial charge in [-0.15, -0.1) is 0 Å². The SMILES string of the molecule is CC[C@@]12C=CCOC(=O)[C@@H]1[C@H]1C(=O)N([C@@H](CO)C(C)C)C3C(=O)N(c4ccccc4Cl)CC=C[C@@]31O2. The number of para-hydroxylation sites is 1. The van der Waals surface area contributed by atoms with Crippen LogP contribution in [0, 0.1) is 17.8 Å². The molecule has 2 saturated heterocycles. The number of rotatable bonds is 5. The first-order valence-corrected chi connectivity index (χ1v) is 12.8. The Hall–Kier alpha value is -2.68. The quantitative estimate of drug-likeness (QED) is 0.479. The lowest BCUT2D eigenvalue weighted by Gasteiger charge is -2.41. The number of carbonyl (C=O) groups is 3. The Kier molecular flexibility index (Phi) is 6.25. The molecule has 1 unspecified atom stereocenters. The molecule has 1 aromatic carbocycles. The molecule has 5 rings (SSSR count). The fourth-order valence-corrected chi connectivity index (χ4v) is 6.64. The minimum Gasteiger partial charge on any atom is -0.461 e. The molecule has 4 aliphatic rings. The zero-order chi connectivity index (χ0) is 25.8. The molecule has 2 amide bonds. The normalized spacial score (nSPS) is 34.3. The monoisotopic (exact) mass is 514 g/mol. The largest absolute Gasteiger partial charge is 0.461 e. The zero-order valence-electron chi connectivity index (χ0n) is 20.6. The molecular formula is C27H31ClN2O6. The van der Waals surface area contributed by atoms with Gasteiger partial charge in [-0.05, 0) is 30.5 Å². The number of esters is 1. The molecule has 1 N–H and O–H groups in total. The summed E-state index contributed by atoms with van der Waals surface area (Å²) in [5.74, 6) is -3.33. The molecule has 0 aromatic heterocycles. The van der Waals surface area contributed by atoms with Crippen molar-refractivity contribution in [3.8, 4) is 0 Å². The van der Waals surface area contributed by atoms with Gasteiger partial charge in [0, 0.05) is 6.54 Å². The molecule has 0 bridgehead atoms. The van der Waals surface area contributed by atoms with Gasteiger partial charge in [-0.2, -0.15) is 0 Å². The summed E-state index contributed by atoms with van der Waals surface area (Å²) in [6.07, 6.45) is 7.55. The van der Waals surface area contributed by atoms with Gasteiger partial charge in [0.05, 0.1) is 29.3 Å². The van der Waals surface area contributed by atoms with E-state index in [1.54, 1.807) is 47.4 Å². The standard InChI is InChI=1S/C27H31ClN2O6/c1-4-26-11-8-14-35-25(34)21(26)20-23(32)30(19(15-31)16(2)3)22-24(33)29(13-7-12-27(20,22)36-26)18-10-6-5-9-17(18)28/h5-12,16,19-22,31H,4,13-15H2,1-3H3/t19-,20-,21-,22?,26+,27-/m0/s1. The smallest absolute Gasteiger partial charge is 0.313 e. The molecule has 192 valence electrons. The van der Waals surface area contributed by atoms with Crippen LogP contribution >= 0.6 is 11.6 Å². The summed E-state index contributed by atoms with van der Waals surface area (Å²) in [6.45, 7) is 5.65. The van der Waals surface area contributed by atoms with E-state index < -0.39 is 41.1 Å². The number of cyclic esters (lactones) is 1. The minimum atomic E-state index is -1.41. The second-order valence-corrected chi connectivity index (χ2v) is 10.6. The Bertz CT molecular complexity index is 1150.